The first-order valence-corrected chi connectivity index (χ1v) is 9.81. The summed E-state index contributed by atoms with van der Waals surface area (Å²) in [5.41, 5.74) is 1.67. The smallest absolute Gasteiger partial charge is 0.251 e. The summed E-state index contributed by atoms with van der Waals surface area (Å²) in [6.07, 6.45) is 0.531. The summed E-state index contributed by atoms with van der Waals surface area (Å²) >= 11 is 1.31. The van der Waals surface area contributed by atoms with Gasteiger partial charge in [-0.25, -0.2) is 8.42 Å². The minimum absolute atomic E-state index is 0.0470. The van der Waals surface area contributed by atoms with E-state index in [0.717, 1.165) is 10.7 Å². The molecule has 130 valence electrons. The van der Waals surface area contributed by atoms with Gasteiger partial charge in [0.1, 0.15) is 10.7 Å². The van der Waals surface area contributed by atoms with E-state index in [0.29, 0.717) is 22.9 Å². The highest BCUT2D eigenvalue weighted by Gasteiger charge is 2.13. The molecule has 8 nitrogen and oxygen atoms in total. The third kappa shape index (κ3) is 4.96. The number of aromatic nitrogens is 2. The maximum absolute atomic E-state index is 12.1. The van der Waals surface area contributed by atoms with E-state index in [2.05, 4.69) is 25.1 Å². The predicted octanol–water partition coefficient (Wildman–Crippen LogP) is 3.48. The van der Waals surface area contributed by atoms with Crippen molar-refractivity contribution in [1.82, 2.24) is 10.2 Å². The molecule has 0 fully saturated rings. The average Bonchev–Trinajstić information content (AvgIpc) is 2.90. The van der Waals surface area contributed by atoms with Crippen molar-refractivity contribution in [3.63, 3.8) is 0 Å². The van der Waals surface area contributed by atoms with Crippen LogP contribution in [0.3, 0.4) is 0 Å². The fourth-order valence-corrected chi connectivity index (χ4v) is 3.53. The first-order valence-electron chi connectivity index (χ1n) is 7.34. The lowest BCUT2D eigenvalue weighted by atomic mass is 10.2. The summed E-state index contributed by atoms with van der Waals surface area (Å²) in [4.78, 5) is 1.88. The van der Waals surface area contributed by atoms with Crippen LogP contribution < -0.4 is 9.62 Å². The van der Waals surface area contributed by atoms with Crippen LogP contribution in [0.5, 0.6) is 0 Å². The van der Waals surface area contributed by atoms with Gasteiger partial charge in [0, 0.05) is 19.8 Å². The fraction of sp³-hybridized carbons (Fsp3) is 0.429. The van der Waals surface area contributed by atoms with Crippen molar-refractivity contribution in [2.45, 2.75) is 20.3 Å². The molecule has 0 amide bonds. The highest BCUT2D eigenvalue weighted by molar-refractivity contribution is 7.92. The Hall–Kier alpha value is -2.07. The SMILES string of the molecule is CCCS(=O)(=O)Nc1cc(N(C)C)ccc1N=Nc1nnc(C)s1. The molecule has 0 saturated heterocycles. The predicted molar refractivity (Wildman–Crippen MR) is 97.3 cm³/mol. The van der Waals surface area contributed by atoms with Crippen LogP contribution in [0.15, 0.2) is 28.4 Å². The van der Waals surface area contributed by atoms with Crippen LogP contribution in [0.4, 0.5) is 22.2 Å². The maximum Gasteiger partial charge on any atom is 0.251 e. The lowest BCUT2D eigenvalue weighted by Crippen LogP contribution is -2.17. The minimum atomic E-state index is -3.42. The molecule has 0 aliphatic heterocycles. The second kappa shape index (κ2) is 7.67. The Morgan fingerprint density at radius 1 is 1.25 bits per heavy atom. The summed E-state index contributed by atoms with van der Waals surface area (Å²) in [6.45, 7) is 3.64. The number of nitrogens with one attached hydrogen (secondary N) is 1. The van der Waals surface area contributed by atoms with E-state index in [4.69, 9.17) is 0 Å². The van der Waals surface area contributed by atoms with Crippen molar-refractivity contribution in [3.8, 4) is 0 Å². The van der Waals surface area contributed by atoms with E-state index in [1.54, 1.807) is 12.1 Å². The van der Waals surface area contributed by atoms with Gasteiger partial charge in [-0.1, -0.05) is 18.3 Å². The summed E-state index contributed by atoms with van der Waals surface area (Å²) in [5.74, 6) is 0.0470. The molecular formula is C14H20N6O2S2. The molecule has 24 heavy (non-hydrogen) atoms. The lowest BCUT2D eigenvalue weighted by Gasteiger charge is -2.16. The Morgan fingerprint density at radius 2 is 2.00 bits per heavy atom. The van der Waals surface area contributed by atoms with Crippen LogP contribution in [0.25, 0.3) is 0 Å². The van der Waals surface area contributed by atoms with Gasteiger partial charge in [0.2, 0.25) is 10.0 Å². The average molecular weight is 368 g/mol. The number of nitrogens with zero attached hydrogens (tertiary/aromatic N) is 5. The molecule has 1 N–H and O–H groups in total. The Bertz CT molecular complexity index is 830. The van der Waals surface area contributed by atoms with Gasteiger partial charge in [-0.2, -0.15) is 0 Å². The van der Waals surface area contributed by atoms with Crippen LogP contribution in [0.1, 0.15) is 18.4 Å². The molecule has 10 heteroatoms. The number of azo groups is 1. The van der Waals surface area contributed by atoms with Gasteiger partial charge in [0.25, 0.3) is 5.13 Å². The monoisotopic (exact) mass is 368 g/mol. The molecule has 0 aliphatic rings. The molecule has 0 saturated carbocycles. The second-order valence-electron chi connectivity index (χ2n) is 5.32. The third-order valence-electron chi connectivity index (χ3n) is 2.99. The minimum Gasteiger partial charge on any atom is -0.378 e. The van der Waals surface area contributed by atoms with Crippen LogP contribution in [-0.4, -0.2) is 38.5 Å². The zero-order valence-corrected chi connectivity index (χ0v) is 15.6. The number of rotatable bonds is 7. The molecule has 2 rings (SSSR count). The van der Waals surface area contributed by atoms with Crippen molar-refractivity contribution in [2.75, 3.05) is 29.5 Å². The quantitative estimate of drug-likeness (QED) is 0.754. The van der Waals surface area contributed by atoms with Crippen LogP contribution in [0, 0.1) is 6.92 Å². The summed E-state index contributed by atoms with van der Waals surface area (Å²) < 4.78 is 26.8. The van der Waals surface area contributed by atoms with Crippen LogP contribution >= 0.6 is 11.3 Å². The molecule has 1 aromatic carbocycles. The first-order chi connectivity index (χ1) is 11.3. The fourth-order valence-electron chi connectivity index (χ4n) is 1.88. The molecule has 0 spiro atoms. The molecule has 2 aromatic rings. The molecule has 0 bridgehead atoms. The van der Waals surface area contributed by atoms with Crippen molar-refractivity contribution in [2.24, 2.45) is 10.2 Å². The van der Waals surface area contributed by atoms with Gasteiger partial charge in [-0.3, -0.25) is 4.72 Å². The van der Waals surface area contributed by atoms with Crippen LogP contribution in [0.2, 0.25) is 0 Å². The van der Waals surface area contributed by atoms with Crippen LogP contribution in [-0.2, 0) is 10.0 Å². The van der Waals surface area contributed by atoms with Crippen molar-refractivity contribution < 1.29 is 8.42 Å². The Labute approximate surface area is 145 Å². The Balaban J connectivity index is 2.37. The number of sulfonamides is 1. The molecule has 0 aliphatic carbocycles. The summed E-state index contributed by atoms with van der Waals surface area (Å²) in [6, 6.07) is 5.29. The standard InChI is InChI=1S/C14H20N6O2S2/c1-5-8-24(21,22)19-13-9-11(20(3)4)6-7-12(13)16-18-14-17-15-10(2)23-14/h6-7,9,19H,5,8H2,1-4H3. The Morgan fingerprint density at radius 3 is 2.58 bits per heavy atom. The van der Waals surface area contributed by atoms with E-state index in [-0.39, 0.29) is 5.75 Å². The van der Waals surface area contributed by atoms with E-state index in [1.165, 1.54) is 11.3 Å². The van der Waals surface area contributed by atoms with Gasteiger partial charge in [-0.15, -0.1) is 20.4 Å². The van der Waals surface area contributed by atoms with Crippen molar-refractivity contribution >= 4 is 43.6 Å². The maximum atomic E-state index is 12.1. The van der Waals surface area contributed by atoms with Gasteiger partial charge >= 0.3 is 0 Å². The molecule has 0 atom stereocenters. The molecular weight excluding hydrogens is 348 g/mol. The van der Waals surface area contributed by atoms with E-state index in [9.17, 15) is 8.42 Å². The van der Waals surface area contributed by atoms with Gasteiger partial charge in [-0.05, 0) is 31.5 Å². The number of hydrogen-bond acceptors (Lipinski definition) is 8. The van der Waals surface area contributed by atoms with Gasteiger partial charge in [0.15, 0.2) is 0 Å². The zero-order valence-electron chi connectivity index (χ0n) is 14.0. The topological polar surface area (TPSA) is 99.9 Å². The van der Waals surface area contributed by atoms with Gasteiger partial charge < -0.3 is 4.90 Å². The van der Waals surface area contributed by atoms with E-state index in [1.807, 2.05) is 38.9 Å². The molecule has 0 unspecified atom stereocenters. The number of anilines is 2. The highest BCUT2D eigenvalue weighted by Crippen LogP contribution is 2.32. The summed E-state index contributed by atoms with van der Waals surface area (Å²) in [7, 11) is 0.336. The largest absolute Gasteiger partial charge is 0.378 e. The van der Waals surface area contributed by atoms with Crippen molar-refractivity contribution in [1.29, 1.82) is 0 Å². The van der Waals surface area contributed by atoms with Crippen molar-refractivity contribution in [3.05, 3.63) is 23.2 Å². The molecule has 1 heterocycles. The first kappa shape index (κ1) is 18.3. The normalized spacial score (nSPS) is 11.8. The molecule has 0 radical (unpaired) electrons. The second-order valence-corrected chi connectivity index (χ2v) is 8.32. The lowest BCUT2D eigenvalue weighted by molar-refractivity contribution is 0.600. The third-order valence-corrected chi connectivity index (χ3v) is 5.19. The van der Waals surface area contributed by atoms with E-state index >= 15 is 0 Å². The number of aryl methyl sites for hydroxylation is 1. The van der Waals surface area contributed by atoms with E-state index < -0.39 is 10.0 Å². The highest BCUT2D eigenvalue weighted by atomic mass is 32.2. The molecule has 1 aromatic heterocycles. The number of hydrogen-bond donors (Lipinski definition) is 1. The summed E-state index contributed by atoms with van der Waals surface area (Å²) in [5, 5.41) is 17.1. The zero-order chi connectivity index (χ0) is 17.7. The van der Waals surface area contributed by atoms with Gasteiger partial charge in [0.05, 0.1) is 11.4 Å². The Kier molecular flexibility index (Phi) is 5.84. The number of benzene rings is 1.